The van der Waals surface area contributed by atoms with Crippen LogP contribution in [0, 0.1) is 0 Å². The first-order valence-corrected chi connectivity index (χ1v) is 7.04. The monoisotopic (exact) mass is 279 g/mol. The lowest BCUT2D eigenvalue weighted by atomic mass is 10.2. The summed E-state index contributed by atoms with van der Waals surface area (Å²) < 4.78 is 0. The number of benzene rings is 2. The summed E-state index contributed by atoms with van der Waals surface area (Å²) in [4.78, 5) is 18.7. The molecular formula is C17H17N3O. The van der Waals surface area contributed by atoms with Crippen LogP contribution in [0.2, 0.25) is 0 Å². The van der Waals surface area contributed by atoms with Gasteiger partial charge < -0.3 is 5.32 Å². The molecule has 0 aliphatic carbocycles. The van der Waals surface area contributed by atoms with Gasteiger partial charge in [0, 0.05) is 17.8 Å². The first-order valence-electron chi connectivity index (χ1n) is 7.04. The smallest absolute Gasteiger partial charge is 0.259 e. The van der Waals surface area contributed by atoms with E-state index in [1.54, 1.807) is 4.90 Å². The molecule has 2 aromatic rings. The van der Waals surface area contributed by atoms with Crippen molar-refractivity contribution in [2.45, 2.75) is 0 Å². The molecule has 0 saturated heterocycles. The molecule has 0 spiro atoms. The summed E-state index contributed by atoms with van der Waals surface area (Å²) in [7, 11) is 0. The standard InChI is InChI=1S/C17H17N3O/c21-17(14-7-3-1-4-8-14)20-12-11-18-16(20)13-19-15-9-5-2-6-10-15/h1-10,19H,11-13H2. The molecule has 0 radical (unpaired) electrons. The number of amidine groups is 1. The molecule has 1 N–H and O–H groups in total. The van der Waals surface area contributed by atoms with E-state index >= 15 is 0 Å². The fourth-order valence-corrected chi connectivity index (χ4v) is 2.34. The molecule has 0 fully saturated rings. The van der Waals surface area contributed by atoms with Crippen LogP contribution in [-0.4, -0.2) is 36.3 Å². The van der Waals surface area contributed by atoms with Gasteiger partial charge in [0.2, 0.25) is 0 Å². The summed E-state index contributed by atoms with van der Waals surface area (Å²) in [5, 5.41) is 3.30. The van der Waals surface area contributed by atoms with Crippen molar-refractivity contribution in [1.82, 2.24) is 4.90 Å². The Morgan fingerprint density at radius 3 is 2.43 bits per heavy atom. The third kappa shape index (κ3) is 3.11. The van der Waals surface area contributed by atoms with Gasteiger partial charge in [-0.15, -0.1) is 0 Å². The summed E-state index contributed by atoms with van der Waals surface area (Å²) in [5.74, 6) is 0.814. The summed E-state index contributed by atoms with van der Waals surface area (Å²) >= 11 is 0. The Hall–Kier alpha value is -2.62. The molecule has 1 heterocycles. The Morgan fingerprint density at radius 2 is 1.71 bits per heavy atom. The number of para-hydroxylation sites is 1. The Bertz CT molecular complexity index is 638. The van der Waals surface area contributed by atoms with Gasteiger partial charge in [0.05, 0.1) is 13.1 Å². The van der Waals surface area contributed by atoms with Crippen molar-refractivity contribution in [1.29, 1.82) is 0 Å². The van der Waals surface area contributed by atoms with E-state index in [1.807, 2.05) is 60.7 Å². The molecule has 0 aromatic heterocycles. The third-order valence-corrected chi connectivity index (χ3v) is 3.42. The van der Waals surface area contributed by atoms with Crippen LogP contribution >= 0.6 is 0 Å². The number of hydrogen-bond donors (Lipinski definition) is 1. The molecular weight excluding hydrogens is 262 g/mol. The first-order chi connectivity index (χ1) is 10.3. The molecule has 21 heavy (non-hydrogen) atoms. The number of nitrogens with zero attached hydrogens (tertiary/aromatic N) is 2. The molecule has 0 saturated carbocycles. The zero-order valence-corrected chi connectivity index (χ0v) is 11.7. The van der Waals surface area contributed by atoms with E-state index in [-0.39, 0.29) is 5.91 Å². The molecule has 1 amide bonds. The van der Waals surface area contributed by atoms with Gasteiger partial charge in [0.25, 0.3) is 5.91 Å². The van der Waals surface area contributed by atoms with Gasteiger partial charge >= 0.3 is 0 Å². The number of amides is 1. The molecule has 1 aliphatic rings. The molecule has 0 bridgehead atoms. The lowest BCUT2D eigenvalue weighted by Gasteiger charge is -2.19. The predicted molar refractivity (Wildman–Crippen MR) is 84.7 cm³/mol. The van der Waals surface area contributed by atoms with Crippen LogP contribution in [0.1, 0.15) is 10.4 Å². The van der Waals surface area contributed by atoms with Gasteiger partial charge in [-0.2, -0.15) is 0 Å². The fourth-order valence-electron chi connectivity index (χ4n) is 2.34. The number of carbonyl (C=O) groups is 1. The van der Waals surface area contributed by atoms with E-state index in [0.29, 0.717) is 25.2 Å². The molecule has 2 aromatic carbocycles. The molecule has 4 nitrogen and oxygen atoms in total. The van der Waals surface area contributed by atoms with Gasteiger partial charge in [-0.1, -0.05) is 36.4 Å². The summed E-state index contributed by atoms with van der Waals surface area (Å²) in [6.45, 7) is 1.88. The van der Waals surface area contributed by atoms with Crippen LogP contribution in [0.4, 0.5) is 5.69 Å². The van der Waals surface area contributed by atoms with E-state index in [1.165, 1.54) is 0 Å². The molecule has 4 heteroatoms. The van der Waals surface area contributed by atoms with Gasteiger partial charge in [-0.25, -0.2) is 0 Å². The average Bonchev–Trinajstić information content (AvgIpc) is 3.02. The number of rotatable bonds is 4. The Labute approximate surface area is 124 Å². The minimum absolute atomic E-state index is 0.0155. The largest absolute Gasteiger partial charge is 0.378 e. The minimum atomic E-state index is 0.0155. The highest BCUT2D eigenvalue weighted by Gasteiger charge is 2.24. The third-order valence-electron chi connectivity index (χ3n) is 3.42. The van der Waals surface area contributed by atoms with Crippen molar-refractivity contribution in [3.63, 3.8) is 0 Å². The number of hydrogen-bond acceptors (Lipinski definition) is 3. The Morgan fingerprint density at radius 1 is 1.05 bits per heavy atom. The average molecular weight is 279 g/mol. The maximum atomic E-state index is 12.5. The number of nitrogens with one attached hydrogen (secondary N) is 1. The molecule has 106 valence electrons. The second-order valence-corrected chi connectivity index (χ2v) is 4.84. The summed E-state index contributed by atoms with van der Waals surface area (Å²) in [5.41, 5.74) is 1.73. The molecule has 0 atom stereocenters. The van der Waals surface area contributed by atoms with Gasteiger partial charge in [0.1, 0.15) is 5.84 Å². The maximum Gasteiger partial charge on any atom is 0.259 e. The zero-order valence-electron chi connectivity index (χ0n) is 11.7. The minimum Gasteiger partial charge on any atom is -0.378 e. The van der Waals surface area contributed by atoms with Crippen molar-refractivity contribution in [3.8, 4) is 0 Å². The van der Waals surface area contributed by atoms with E-state index in [9.17, 15) is 4.79 Å². The zero-order chi connectivity index (χ0) is 14.5. The molecule has 1 aliphatic heterocycles. The summed E-state index contributed by atoms with van der Waals surface area (Å²) in [6.07, 6.45) is 0. The highest BCUT2D eigenvalue weighted by Crippen LogP contribution is 2.11. The molecule has 3 rings (SSSR count). The van der Waals surface area contributed by atoms with Crippen LogP contribution in [0.15, 0.2) is 65.7 Å². The first kappa shape index (κ1) is 13.4. The number of carbonyl (C=O) groups excluding carboxylic acids is 1. The van der Waals surface area contributed by atoms with E-state index in [2.05, 4.69) is 10.3 Å². The number of anilines is 1. The van der Waals surface area contributed by atoms with Gasteiger partial charge in [-0.3, -0.25) is 14.7 Å². The topological polar surface area (TPSA) is 44.7 Å². The quantitative estimate of drug-likeness (QED) is 0.935. The predicted octanol–water partition coefficient (Wildman–Crippen LogP) is 2.65. The lowest BCUT2D eigenvalue weighted by Crippen LogP contribution is -2.37. The maximum absolute atomic E-state index is 12.5. The second kappa shape index (κ2) is 6.22. The normalized spacial score (nSPS) is 13.9. The summed E-state index contributed by atoms with van der Waals surface area (Å²) in [6, 6.07) is 19.3. The van der Waals surface area contributed by atoms with Crippen LogP contribution in [-0.2, 0) is 0 Å². The second-order valence-electron chi connectivity index (χ2n) is 4.84. The van der Waals surface area contributed by atoms with Crippen LogP contribution in [0.3, 0.4) is 0 Å². The van der Waals surface area contributed by atoms with Gasteiger partial charge in [0.15, 0.2) is 0 Å². The van der Waals surface area contributed by atoms with Crippen LogP contribution in [0.25, 0.3) is 0 Å². The van der Waals surface area contributed by atoms with Crippen molar-refractivity contribution >= 4 is 17.4 Å². The SMILES string of the molecule is O=C(c1ccccc1)N1CCN=C1CNc1ccccc1. The van der Waals surface area contributed by atoms with E-state index in [4.69, 9.17) is 0 Å². The molecule has 0 unspecified atom stereocenters. The van der Waals surface area contributed by atoms with E-state index in [0.717, 1.165) is 11.5 Å². The van der Waals surface area contributed by atoms with Crippen molar-refractivity contribution in [2.24, 2.45) is 4.99 Å². The number of aliphatic imine (C=N–C) groups is 1. The Kier molecular flexibility index (Phi) is 3.96. The van der Waals surface area contributed by atoms with Crippen molar-refractivity contribution in [3.05, 3.63) is 66.2 Å². The van der Waals surface area contributed by atoms with E-state index < -0.39 is 0 Å². The van der Waals surface area contributed by atoms with Crippen molar-refractivity contribution in [2.75, 3.05) is 25.0 Å². The Balaban J connectivity index is 1.67. The van der Waals surface area contributed by atoms with Crippen LogP contribution < -0.4 is 5.32 Å². The van der Waals surface area contributed by atoms with Crippen LogP contribution in [0.5, 0.6) is 0 Å². The highest BCUT2D eigenvalue weighted by atomic mass is 16.2. The highest BCUT2D eigenvalue weighted by molar-refractivity contribution is 6.08. The lowest BCUT2D eigenvalue weighted by molar-refractivity contribution is 0.0857. The van der Waals surface area contributed by atoms with Crippen molar-refractivity contribution < 1.29 is 4.79 Å². The fraction of sp³-hybridized carbons (Fsp3) is 0.176. The van der Waals surface area contributed by atoms with Gasteiger partial charge in [-0.05, 0) is 24.3 Å².